The minimum absolute atomic E-state index is 0.112. The Morgan fingerprint density at radius 1 is 1.36 bits per heavy atom. The molecule has 0 N–H and O–H groups in total. The molecule has 0 radical (unpaired) electrons. The molecule has 2 heterocycles. The fourth-order valence-corrected chi connectivity index (χ4v) is 1.19. The summed E-state index contributed by atoms with van der Waals surface area (Å²) < 4.78 is 1.47. The van der Waals surface area contributed by atoms with E-state index in [-0.39, 0.29) is 10.4 Å². The number of halogens is 2. The van der Waals surface area contributed by atoms with Crippen LogP contribution in [0.1, 0.15) is 0 Å². The molecule has 0 spiro atoms. The lowest BCUT2D eigenvalue weighted by molar-refractivity contribution is 0.899. The molecule has 0 fully saturated rings. The first-order valence-corrected chi connectivity index (χ1v) is 3.55. The van der Waals surface area contributed by atoms with Crippen LogP contribution >= 0.6 is 23.2 Å². The summed E-state index contributed by atoms with van der Waals surface area (Å²) in [7, 11) is 0. The van der Waals surface area contributed by atoms with E-state index in [0.29, 0.717) is 5.65 Å². The van der Waals surface area contributed by atoms with Gasteiger partial charge < -0.3 is 0 Å². The van der Waals surface area contributed by atoms with E-state index in [9.17, 15) is 0 Å². The molecule has 0 atom stereocenters. The van der Waals surface area contributed by atoms with Crippen LogP contribution in [0, 0.1) is 0 Å². The number of rotatable bonds is 0. The maximum absolute atomic E-state index is 5.68. The minimum atomic E-state index is 0.112. The summed E-state index contributed by atoms with van der Waals surface area (Å²) in [5.41, 5.74) is 0.510. The summed E-state index contributed by atoms with van der Waals surface area (Å²) in [6.45, 7) is 0. The summed E-state index contributed by atoms with van der Waals surface area (Å²) >= 11 is 11.2. The predicted molar refractivity (Wildman–Crippen MR) is 40.8 cm³/mol. The number of imidazole rings is 1. The second kappa shape index (κ2) is 2.32. The summed E-state index contributed by atoms with van der Waals surface area (Å²) in [5, 5.41) is 4.19. The zero-order chi connectivity index (χ0) is 7.84. The summed E-state index contributed by atoms with van der Waals surface area (Å²) in [5.74, 6) is 0. The lowest BCUT2D eigenvalue weighted by Gasteiger charge is -1.93. The monoisotopic (exact) mass is 188 g/mol. The van der Waals surface area contributed by atoms with Crippen molar-refractivity contribution < 1.29 is 0 Å². The minimum Gasteiger partial charge on any atom is -0.233 e. The van der Waals surface area contributed by atoms with Gasteiger partial charge >= 0.3 is 0 Å². The van der Waals surface area contributed by atoms with Gasteiger partial charge in [-0.25, -0.2) is 14.5 Å². The molecule has 2 aromatic heterocycles. The van der Waals surface area contributed by atoms with Gasteiger partial charge in [0.25, 0.3) is 0 Å². The number of nitrogens with zero attached hydrogens (tertiary/aromatic N) is 4. The van der Waals surface area contributed by atoms with Crippen LogP contribution in [0.3, 0.4) is 0 Å². The Balaban J connectivity index is 2.91. The molecule has 0 saturated heterocycles. The van der Waals surface area contributed by atoms with Gasteiger partial charge in [0.2, 0.25) is 5.28 Å². The van der Waals surface area contributed by atoms with Gasteiger partial charge in [-0.2, -0.15) is 0 Å². The van der Waals surface area contributed by atoms with Gasteiger partial charge in [0.05, 0.1) is 0 Å². The Kier molecular flexibility index (Phi) is 1.44. The van der Waals surface area contributed by atoms with Crippen LogP contribution in [0.15, 0.2) is 12.4 Å². The quantitative estimate of drug-likeness (QED) is 0.629. The van der Waals surface area contributed by atoms with Crippen LogP contribution in [-0.2, 0) is 0 Å². The molecule has 0 amide bonds. The van der Waals surface area contributed by atoms with E-state index in [1.807, 2.05) is 0 Å². The van der Waals surface area contributed by atoms with Crippen LogP contribution in [-0.4, -0.2) is 19.6 Å². The predicted octanol–water partition coefficient (Wildman–Crippen LogP) is 1.43. The molecule has 0 aliphatic rings. The average Bonchev–Trinajstić information content (AvgIpc) is 2.34. The second-order valence-electron chi connectivity index (χ2n) is 1.87. The number of fused-ring (bicyclic) bond motifs is 1. The zero-order valence-electron chi connectivity index (χ0n) is 5.20. The van der Waals surface area contributed by atoms with Crippen molar-refractivity contribution in [1.29, 1.82) is 0 Å². The van der Waals surface area contributed by atoms with E-state index in [4.69, 9.17) is 23.2 Å². The van der Waals surface area contributed by atoms with Crippen LogP contribution in [0.2, 0.25) is 10.4 Å². The summed E-state index contributed by atoms with van der Waals surface area (Å²) in [4.78, 5) is 7.62. The molecule has 0 aliphatic carbocycles. The third-order valence-electron chi connectivity index (χ3n) is 1.19. The maximum atomic E-state index is 5.68. The normalized spacial score (nSPS) is 10.7. The Labute approximate surface area is 71.8 Å². The highest BCUT2D eigenvalue weighted by Crippen LogP contribution is 2.12. The molecule has 6 heteroatoms. The highest BCUT2D eigenvalue weighted by Gasteiger charge is 2.03. The van der Waals surface area contributed by atoms with Crippen LogP contribution in [0.5, 0.6) is 0 Å². The van der Waals surface area contributed by atoms with Gasteiger partial charge in [-0.05, 0) is 11.6 Å². The summed E-state index contributed by atoms with van der Waals surface area (Å²) in [6, 6.07) is 0. The van der Waals surface area contributed by atoms with Gasteiger partial charge in [-0.1, -0.05) is 11.6 Å². The molecular weight excluding hydrogens is 187 g/mol. The van der Waals surface area contributed by atoms with Crippen molar-refractivity contribution in [2.45, 2.75) is 0 Å². The van der Waals surface area contributed by atoms with E-state index >= 15 is 0 Å². The van der Waals surface area contributed by atoms with Crippen molar-refractivity contribution in [3.63, 3.8) is 0 Å². The topological polar surface area (TPSA) is 43.1 Å². The second-order valence-corrected chi connectivity index (χ2v) is 2.56. The third-order valence-corrected chi connectivity index (χ3v) is 1.60. The molecule has 0 aliphatic heterocycles. The van der Waals surface area contributed by atoms with Crippen molar-refractivity contribution in [1.82, 2.24) is 19.6 Å². The van der Waals surface area contributed by atoms with Crippen molar-refractivity contribution >= 4 is 28.8 Å². The first-order valence-electron chi connectivity index (χ1n) is 2.80. The fourth-order valence-electron chi connectivity index (χ4n) is 0.768. The average molecular weight is 189 g/mol. The molecule has 11 heavy (non-hydrogen) atoms. The van der Waals surface area contributed by atoms with Crippen molar-refractivity contribution in [2.24, 2.45) is 0 Å². The van der Waals surface area contributed by atoms with Gasteiger partial charge in [0.15, 0.2) is 10.8 Å². The molecule has 4 nitrogen and oxygen atoms in total. The molecule has 0 bridgehead atoms. The lowest BCUT2D eigenvalue weighted by Crippen LogP contribution is -1.94. The molecule has 56 valence electrons. The Morgan fingerprint density at radius 3 is 3.00 bits per heavy atom. The highest BCUT2D eigenvalue weighted by atomic mass is 35.5. The van der Waals surface area contributed by atoms with E-state index in [1.54, 1.807) is 12.4 Å². The van der Waals surface area contributed by atoms with E-state index < -0.39 is 0 Å². The van der Waals surface area contributed by atoms with Gasteiger partial charge in [-0.3, -0.25) is 0 Å². The molecule has 2 aromatic rings. The van der Waals surface area contributed by atoms with Crippen LogP contribution in [0.25, 0.3) is 5.65 Å². The van der Waals surface area contributed by atoms with Gasteiger partial charge in [0, 0.05) is 12.4 Å². The van der Waals surface area contributed by atoms with Crippen LogP contribution in [0.4, 0.5) is 0 Å². The highest BCUT2D eigenvalue weighted by molar-refractivity contribution is 6.33. The van der Waals surface area contributed by atoms with E-state index in [1.165, 1.54) is 4.52 Å². The maximum Gasteiger partial charge on any atom is 0.242 e. The fraction of sp³-hybridized carbons (Fsp3) is 0. The Morgan fingerprint density at radius 2 is 2.18 bits per heavy atom. The number of aromatic nitrogens is 4. The van der Waals surface area contributed by atoms with Crippen LogP contribution < -0.4 is 0 Å². The first-order chi connectivity index (χ1) is 5.27. The van der Waals surface area contributed by atoms with Gasteiger partial charge in [-0.15, -0.1) is 5.10 Å². The molecule has 2 rings (SSSR count). The largest absolute Gasteiger partial charge is 0.242 e. The smallest absolute Gasteiger partial charge is 0.233 e. The molecule has 0 aromatic carbocycles. The lowest BCUT2D eigenvalue weighted by atomic mass is 10.8. The molecule has 0 saturated carbocycles. The first kappa shape index (κ1) is 6.82. The SMILES string of the molecule is Clc1nc(Cl)c2nccn2n1. The standard InChI is InChI=1S/C5H2Cl2N4/c6-3-4-8-1-2-11(4)10-5(7)9-3/h1-2H. The number of hydrogen-bond donors (Lipinski definition) is 0. The van der Waals surface area contributed by atoms with E-state index in [2.05, 4.69) is 15.1 Å². The Bertz CT molecular complexity index is 396. The zero-order valence-corrected chi connectivity index (χ0v) is 6.71. The Hall–Kier alpha value is -0.870. The number of hydrogen-bond acceptors (Lipinski definition) is 3. The van der Waals surface area contributed by atoms with Gasteiger partial charge in [0.1, 0.15) is 0 Å². The van der Waals surface area contributed by atoms with Crippen molar-refractivity contribution in [3.8, 4) is 0 Å². The summed E-state index contributed by atoms with van der Waals surface area (Å²) in [6.07, 6.45) is 3.22. The molecular formula is C5H2Cl2N4. The van der Waals surface area contributed by atoms with Crippen molar-refractivity contribution in [2.75, 3.05) is 0 Å². The molecule has 0 unspecified atom stereocenters. The van der Waals surface area contributed by atoms with E-state index in [0.717, 1.165) is 0 Å². The van der Waals surface area contributed by atoms with Crippen molar-refractivity contribution in [3.05, 3.63) is 22.8 Å². The third kappa shape index (κ3) is 1.04.